The largest absolute Gasteiger partial charge is 0.489 e. The Hall–Kier alpha value is -2.42. The van der Waals surface area contributed by atoms with Gasteiger partial charge >= 0.3 is 0 Å². The van der Waals surface area contributed by atoms with Crippen molar-refractivity contribution in [3.05, 3.63) is 59.5 Å². The molecule has 5 rings (SSSR count). The lowest BCUT2D eigenvalue weighted by Crippen LogP contribution is -2.39. The van der Waals surface area contributed by atoms with E-state index in [0.717, 1.165) is 43.6 Å². The third-order valence-electron chi connectivity index (χ3n) is 6.35. The summed E-state index contributed by atoms with van der Waals surface area (Å²) in [6.45, 7) is 4.36. The maximum atomic E-state index is 11.7. The average molecular weight is 442 g/mol. The molecular formula is C23H27N3O4S. The second-order valence-electron chi connectivity index (χ2n) is 8.58. The van der Waals surface area contributed by atoms with Gasteiger partial charge in [-0.1, -0.05) is 30.3 Å². The fourth-order valence-electron chi connectivity index (χ4n) is 4.59. The zero-order valence-corrected chi connectivity index (χ0v) is 18.5. The molecule has 3 aromatic rings. The zero-order chi connectivity index (χ0) is 21.4. The minimum absolute atomic E-state index is 0.332. The Balaban J connectivity index is 1.23. The number of oxazole rings is 1. The first-order chi connectivity index (χ1) is 15.0. The lowest BCUT2D eigenvalue weighted by atomic mass is 9.99. The Morgan fingerprint density at radius 1 is 1.10 bits per heavy atom. The first kappa shape index (κ1) is 20.5. The van der Waals surface area contributed by atoms with E-state index in [-0.39, 0.29) is 0 Å². The number of hydrogen-bond donors (Lipinski definition) is 0. The van der Waals surface area contributed by atoms with Gasteiger partial charge in [-0.15, -0.1) is 0 Å². The van der Waals surface area contributed by atoms with Crippen LogP contribution in [0.3, 0.4) is 0 Å². The first-order valence-corrected chi connectivity index (χ1v) is 12.5. The van der Waals surface area contributed by atoms with Crippen molar-refractivity contribution >= 4 is 21.1 Å². The van der Waals surface area contributed by atoms with Crippen LogP contribution in [-0.4, -0.2) is 48.6 Å². The van der Waals surface area contributed by atoms with E-state index in [9.17, 15) is 8.42 Å². The van der Waals surface area contributed by atoms with E-state index in [1.54, 1.807) is 4.31 Å². The fourth-order valence-corrected chi connectivity index (χ4v) is 5.47. The van der Waals surface area contributed by atoms with E-state index in [2.05, 4.69) is 40.2 Å². The smallest absolute Gasteiger partial charge is 0.211 e. The number of aromatic nitrogens is 1. The molecule has 3 heterocycles. The minimum atomic E-state index is -3.10. The van der Waals surface area contributed by atoms with Gasteiger partial charge in [0.05, 0.1) is 12.9 Å². The molecule has 2 aliphatic heterocycles. The van der Waals surface area contributed by atoms with Crippen LogP contribution >= 0.6 is 0 Å². The molecule has 0 unspecified atom stereocenters. The van der Waals surface area contributed by atoms with Crippen molar-refractivity contribution in [1.29, 1.82) is 0 Å². The number of hydrogen-bond acceptors (Lipinski definition) is 6. The van der Waals surface area contributed by atoms with Crippen LogP contribution in [0, 0.1) is 5.92 Å². The van der Waals surface area contributed by atoms with E-state index in [1.165, 1.54) is 23.8 Å². The number of ether oxygens (including phenoxy) is 1. The summed E-state index contributed by atoms with van der Waals surface area (Å²) in [6.07, 6.45) is 4.36. The highest BCUT2D eigenvalue weighted by Gasteiger charge is 2.26. The predicted octanol–water partition coefficient (Wildman–Crippen LogP) is 3.39. The maximum absolute atomic E-state index is 11.7. The summed E-state index contributed by atoms with van der Waals surface area (Å²) >= 11 is 0. The highest BCUT2D eigenvalue weighted by Crippen LogP contribution is 2.32. The Bertz CT molecular complexity index is 1160. The predicted molar refractivity (Wildman–Crippen MR) is 118 cm³/mol. The highest BCUT2D eigenvalue weighted by molar-refractivity contribution is 7.88. The molecule has 2 aromatic carbocycles. The topological polar surface area (TPSA) is 75.9 Å². The Kier molecular flexibility index (Phi) is 5.45. The van der Waals surface area contributed by atoms with Gasteiger partial charge in [0, 0.05) is 32.7 Å². The van der Waals surface area contributed by atoms with Gasteiger partial charge in [0.2, 0.25) is 10.0 Å². The van der Waals surface area contributed by atoms with Gasteiger partial charge in [-0.05, 0) is 41.5 Å². The van der Waals surface area contributed by atoms with E-state index in [0.29, 0.717) is 36.9 Å². The molecule has 1 fully saturated rings. The molecule has 0 radical (unpaired) electrons. The summed E-state index contributed by atoms with van der Waals surface area (Å²) in [5.74, 6) is 1.03. The average Bonchev–Trinajstić information content (AvgIpc) is 3.40. The van der Waals surface area contributed by atoms with E-state index in [1.807, 2.05) is 6.07 Å². The number of sulfonamides is 1. The van der Waals surface area contributed by atoms with Crippen molar-refractivity contribution in [3.8, 4) is 5.75 Å². The van der Waals surface area contributed by atoms with Gasteiger partial charge in [-0.3, -0.25) is 4.90 Å². The van der Waals surface area contributed by atoms with Crippen LogP contribution in [-0.2, 0) is 29.7 Å². The molecule has 31 heavy (non-hydrogen) atoms. The molecule has 1 saturated heterocycles. The zero-order valence-electron chi connectivity index (χ0n) is 17.7. The van der Waals surface area contributed by atoms with Gasteiger partial charge in [-0.25, -0.2) is 17.7 Å². The number of rotatable bonds is 6. The lowest BCUT2D eigenvalue weighted by molar-refractivity contribution is 0.186. The maximum Gasteiger partial charge on any atom is 0.211 e. The molecule has 2 aliphatic rings. The molecular weight excluding hydrogens is 414 g/mol. The minimum Gasteiger partial charge on any atom is -0.489 e. The van der Waals surface area contributed by atoms with E-state index < -0.39 is 10.0 Å². The van der Waals surface area contributed by atoms with Crippen LogP contribution in [0.2, 0.25) is 0 Å². The third-order valence-corrected chi connectivity index (χ3v) is 7.65. The molecule has 0 aliphatic carbocycles. The van der Waals surface area contributed by atoms with Crippen LogP contribution < -0.4 is 4.74 Å². The van der Waals surface area contributed by atoms with Crippen molar-refractivity contribution in [1.82, 2.24) is 14.2 Å². The van der Waals surface area contributed by atoms with Gasteiger partial charge in [-0.2, -0.15) is 0 Å². The standard InChI is InChI=1S/C23H27N3O4S/c1-31(27,28)26-10-8-17(9-11-26)15-29-21-7-6-20(22-23(21)30-16-24-22)14-25-12-18-4-2-3-5-19(18)13-25/h2-7,16-17H,8-15H2,1H3. The molecule has 0 atom stereocenters. The molecule has 8 heteroatoms. The summed E-state index contributed by atoms with van der Waals surface area (Å²) in [6, 6.07) is 12.6. The van der Waals surface area contributed by atoms with Crippen molar-refractivity contribution < 1.29 is 17.6 Å². The molecule has 0 amide bonds. The quantitative estimate of drug-likeness (QED) is 0.584. The normalized spacial score (nSPS) is 18.5. The number of nitrogens with zero attached hydrogens (tertiary/aromatic N) is 3. The Labute approximate surface area is 182 Å². The summed E-state index contributed by atoms with van der Waals surface area (Å²) in [4.78, 5) is 6.86. The van der Waals surface area contributed by atoms with Crippen LogP contribution in [0.5, 0.6) is 5.75 Å². The van der Waals surface area contributed by atoms with Crippen LogP contribution in [0.4, 0.5) is 0 Å². The first-order valence-electron chi connectivity index (χ1n) is 10.7. The summed E-state index contributed by atoms with van der Waals surface area (Å²) in [5.41, 5.74) is 5.44. The summed E-state index contributed by atoms with van der Waals surface area (Å²) in [5, 5.41) is 0. The Morgan fingerprint density at radius 3 is 2.48 bits per heavy atom. The van der Waals surface area contributed by atoms with Crippen molar-refractivity contribution in [2.24, 2.45) is 5.92 Å². The second kappa shape index (κ2) is 8.26. The van der Waals surface area contributed by atoms with Crippen LogP contribution in [0.25, 0.3) is 11.1 Å². The van der Waals surface area contributed by atoms with Gasteiger partial charge in [0.1, 0.15) is 5.52 Å². The van der Waals surface area contributed by atoms with Gasteiger partial charge < -0.3 is 9.15 Å². The SMILES string of the molecule is CS(=O)(=O)N1CCC(COc2ccc(CN3Cc4ccccc4C3)c3ncoc23)CC1. The highest BCUT2D eigenvalue weighted by atomic mass is 32.2. The van der Waals surface area contributed by atoms with E-state index >= 15 is 0 Å². The molecule has 1 aromatic heterocycles. The molecule has 7 nitrogen and oxygen atoms in total. The second-order valence-corrected chi connectivity index (χ2v) is 10.6. The van der Waals surface area contributed by atoms with Crippen molar-refractivity contribution in [2.45, 2.75) is 32.5 Å². The van der Waals surface area contributed by atoms with Crippen molar-refractivity contribution in [3.63, 3.8) is 0 Å². The van der Waals surface area contributed by atoms with Gasteiger partial charge in [0.15, 0.2) is 17.7 Å². The number of piperidine rings is 1. The lowest BCUT2D eigenvalue weighted by Gasteiger charge is -2.30. The van der Waals surface area contributed by atoms with Gasteiger partial charge in [0.25, 0.3) is 0 Å². The molecule has 0 bridgehead atoms. The van der Waals surface area contributed by atoms with E-state index in [4.69, 9.17) is 9.15 Å². The monoisotopic (exact) mass is 441 g/mol. The molecule has 0 spiro atoms. The molecule has 0 N–H and O–H groups in total. The van der Waals surface area contributed by atoms with Crippen molar-refractivity contribution in [2.75, 3.05) is 26.0 Å². The van der Waals surface area contributed by atoms with Crippen LogP contribution in [0.15, 0.2) is 47.2 Å². The summed E-state index contributed by atoms with van der Waals surface area (Å²) in [7, 11) is -3.10. The molecule has 0 saturated carbocycles. The summed E-state index contributed by atoms with van der Waals surface area (Å²) < 4.78 is 36.7. The third kappa shape index (κ3) is 4.33. The molecule has 164 valence electrons. The van der Waals surface area contributed by atoms with Crippen LogP contribution in [0.1, 0.15) is 29.5 Å². The number of fused-ring (bicyclic) bond motifs is 2. The fraction of sp³-hybridized carbons (Fsp3) is 0.435. The Morgan fingerprint density at radius 2 is 1.81 bits per heavy atom. The number of benzene rings is 2.